The molecule has 1 saturated carbocycles. The molecule has 1 aliphatic carbocycles. The molecule has 1 aliphatic heterocycles. The van der Waals surface area contributed by atoms with Crippen LogP contribution >= 0.6 is 0 Å². The maximum atomic E-state index is 12.9. The quantitative estimate of drug-likeness (QED) is 0.702. The number of fused-ring (bicyclic) bond motifs is 1. The van der Waals surface area contributed by atoms with Gasteiger partial charge in [0.2, 0.25) is 11.8 Å². The summed E-state index contributed by atoms with van der Waals surface area (Å²) in [5, 5.41) is 8.33. The van der Waals surface area contributed by atoms with Gasteiger partial charge >= 0.3 is 0 Å². The first-order valence-electron chi connectivity index (χ1n) is 9.54. The number of hydrogen-bond donors (Lipinski definition) is 0. The van der Waals surface area contributed by atoms with Gasteiger partial charge in [0.15, 0.2) is 0 Å². The first-order chi connectivity index (χ1) is 13.3. The second-order valence-corrected chi connectivity index (χ2v) is 7.32. The molecule has 1 saturated heterocycles. The van der Waals surface area contributed by atoms with Gasteiger partial charge in [-0.3, -0.25) is 9.69 Å². The van der Waals surface area contributed by atoms with E-state index in [1.54, 1.807) is 6.20 Å². The molecule has 0 unspecified atom stereocenters. The zero-order chi connectivity index (χ0) is 18.2. The summed E-state index contributed by atoms with van der Waals surface area (Å²) in [6.07, 6.45) is 6.95. The molecule has 2 fully saturated rings. The summed E-state index contributed by atoms with van der Waals surface area (Å²) in [6.45, 7) is 3.77. The Labute approximate surface area is 156 Å². The zero-order valence-electron chi connectivity index (χ0n) is 15.1. The van der Waals surface area contributed by atoms with Crippen molar-refractivity contribution in [2.75, 3.05) is 26.2 Å². The lowest BCUT2D eigenvalue weighted by atomic mass is 10.3. The number of pyridine rings is 1. The van der Waals surface area contributed by atoms with E-state index in [-0.39, 0.29) is 5.91 Å². The van der Waals surface area contributed by atoms with Crippen LogP contribution in [0.15, 0.2) is 35.0 Å². The number of amides is 1. The van der Waals surface area contributed by atoms with E-state index in [1.165, 1.54) is 0 Å². The largest absolute Gasteiger partial charge is 0.424 e. The van der Waals surface area contributed by atoms with E-state index < -0.39 is 0 Å². The van der Waals surface area contributed by atoms with Crippen LogP contribution < -0.4 is 0 Å². The Morgan fingerprint density at radius 3 is 2.93 bits per heavy atom. The molecule has 27 heavy (non-hydrogen) atoms. The smallest absolute Gasteiger partial charge is 0.274 e. The summed E-state index contributed by atoms with van der Waals surface area (Å²) in [5.41, 5.74) is 1.29. The molecule has 0 aromatic carbocycles. The standard InChI is InChI=1S/C19H22N6O2/c26-19(15-12-25-8-2-1-4-16(25)20-15)24-9-3-7-23(10-11-24)13-17-21-22-18(27-17)14-5-6-14/h1-2,4,8,12,14H,3,5-7,9-11,13H2. The highest BCUT2D eigenvalue weighted by atomic mass is 16.4. The molecule has 140 valence electrons. The lowest BCUT2D eigenvalue weighted by Gasteiger charge is -2.20. The number of imidazole rings is 1. The average molecular weight is 366 g/mol. The van der Waals surface area contributed by atoms with E-state index >= 15 is 0 Å². The van der Waals surface area contributed by atoms with Gasteiger partial charge in [0, 0.05) is 44.5 Å². The third-order valence-electron chi connectivity index (χ3n) is 5.23. The minimum atomic E-state index is -0.00522. The summed E-state index contributed by atoms with van der Waals surface area (Å²) in [6, 6.07) is 5.76. The van der Waals surface area contributed by atoms with Crippen LogP contribution in [0.5, 0.6) is 0 Å². The Morgan fingerprint density at radius 2 is 2.07 bits per heavy atom. The van der Waals surface area contributed by atoms with Crippen molar-refractivity contribution < 1.29 is 9.21 Å². The summed E-state index contributed by atoms with van der Waals surface area (Å²) >= 11 is 0. The van der Waals surface area contributed by atoms with Crippen LogP contribution in [0.25, 0.3) is 5.65 Å². The van der Waals surface area contributed by atoms with Crippen molar-refractivity contribution in [1.29, 1.82) is 0 Å². The molecule has 3 aromatic heterocycles. The third kappa shape index (κ3) is 3.44. The number of nitrogens with zero attached hydrogens (tertiary/aromatic N) is 6. The molecule has 4 heterocycles. The molecule has 0 bridgehead atoms. The summed E-state index contributed by atoms with van der Waals surface area (Å²) in [4.78, 5) is 21.5. The lowest BCUT2D eigenvalue weighted by Crippen LogP contribution is -2.35. The second-order valence-electron chi connectivity index (χ2n) is 7.32. The van der Waals surface area contributed by atoms with Crippen molar-refractivity contribution in [1.82, 2.24) is 29.4 Å². The van der Waals surface area contributed by atoms with E-state index in [0.29, 0.717) is 30.6 Å². The Hall–Kier alpha value is -2.74. The van der Waals surface area contributed by atoms with Crippen LogP contribution in [-0.2, 0) is 6.54 Å². The lowest BCUT2D eigenvalue weighted by molar-refractivity contribution is 0.0755. The third-order valence-corrected chi connectivity index (χ3v) is 5.23. The number of carbonyl (C=O) groups excluding carboxylic acids is 1. The van der Waals surface area contributed by atoms with Gasteiger partial charge in [0.05, 0.1) is 6.54 Å². The summed E-state index contributed by atoms with van der Waals surface area (Å²) in [7, 11) is 0. The second kappa shape index (κ2) is 6.77. The van der Waals surface area contributed by atoms with Crippen LogP contribution in [0, 0.1) is 0 Å². The van der Waals surface area contributed by atoms with Gasteiger partial charge in [-0.25, -0.2) is 4.98 Å². The number of aromatic nitrogens is 4. The van der Waals surface area contributed by atoms with E-state index in [2.05, 4.69) is 20.1 Å². The molecule has 0 radical (unpaired) electrons. The van der Waals surface area contributed by atoms with Crippen LogP contribution in [0.2, 0.25) is 0 Å². The predicted molar refractivity (Wildman–Crippen MR) is 97.3 cm³/mol. The first-order valence-corrected chi connectivity index (χ1v) is 9.54. The van der Waals surface area contributed by atoms with Gasteiger partial charge < -0.3 is 13.7 Å². The molecule has 3 aromatic rings. The fourth-order valence-electron chi connectivity index (χ4n) is 3.55. The van der Waals surface area contributed by atoms with Crippen LogP contribution in [0.3, 0.4) is 0 Å². The minimum absolute atomic E-state index is 0.00522. The van der Waals surface area contributed by atoms with Crippen molar-refractivity contribution in [3.8, 4) is 0 Å². The molecule has 2 aliphatic rings. The molecule has 0 N–H and O–H groups in total. The molecular weight excluding hydrogens is 344 g/mol. The van der Waals surface area contributed by atoms with Crippen molar-refractivity contribution in [2.45, 2.75) is 31.7 Å². The zero-order valence-corrected chi connectivity index (χ0v) is 15.1. The van der Waals surface area contributed by atoms with Crippen LogP contribution in [0.4, 0.5) is 0 Å². The van der Waals surface area contributed by atoms with Gasteiger partial charge in [0.1, 0.15) is 11.3 Å². The molecule has 1 amide bonds. The van der Waals surface area contributed by atoms with Gasteiger partial charge in [-0.2, -0.15) is 0 Å². The summed E-state index contributed by atoms with van der Waals surface area (Å²) in [5.74, 6) is 1.93. The Morgan fingerprint density at radius 1 is 1.15 bits per heavy atom. The van der Waals surface area contributed by atoms with Gasteiger partial charge in [0.25, 0.3) is 5.91 Å². The fourth-order valence-corrected chi connectivity index (χ4v) is 3.55. The molecular formula is C19H22N6O2. The SMILES string of the molecule is O=C(c1cn2ccccc2n1)N1CCCN(Cc2nnc(C3CC3)o2)CC1. The topological polar surface area (TPSA) is 79.8 Å². The number of hydrogen-bond acceptors (Lipinski definition) is 6. The van der Waals surface area contributed by atoms with Crippen molar-refractivity contribution >= 4 is 11.6 Å². The van der Waals surface area contributed by atoms with Crippen LogP contribution in [-0.4, -0.2) is 61.5 Å². The molecule has 0 spiro atoms. The minimum Gasteiger partial charge on any atom is -0.424 e. The van der Waals surface area contributed by atoms with Gasteiger partial charge in [-0.15, -0.1) is 10.2 Å². The Bertz CT molecular complexity index is 927. The van der Waals surface area contributed by atoms with Gasteiger partial charge in [-0.05, 0) is 31.4 Å². The van der Waals surface area contributed by atoms with E-state index in [9.17, 15) is 4.79 Å². The maximum Gasteiger partial charge on any atom is 0.274 e. The summed E-state index contributed by atoms with van der Waals surface area (Å²) < 4.78 is 7.65. The molecule has 5 rings (SSSR count). The monoisotopic (exact) mass is 366 g/mol. The number of carbonyl (C=O) groups is 1. The van der Waals surface area contributed by atoms with E-state index in [1.807, 2.05) is 33.7 Å². The van der Waals surface area contributed by atoms with Crippen molar-refractivity contribution in [3.05, 3.63) is 48.1 Å². The van der Waals surface area contributed by atoms with E-state index in [4.69, 9.17) is 4.42 Å². The highest BCUT2D eigenvalue weighted by molar-refractivity contribution is 5.93. The van der Waals surface area contributed by atoms with Crippen LogP contribution in [0.1, 0.15) is 47.5 Å². The predicted octanol–water partition coefficient (Wildman–Crippen LogP) is 1.94. The highest BCUT2D eigenvalue weighted by Gasteiger charge is 2.30. The molecule has 8 nitrogen and oxygen atoms in total. The average Bonchev–Trinajstić information content (AvgIpc) is 3.34. The number of rotatable bonds is 4. The highest BCUT2D eigenvalue weighted by Crippen LogP contribution is 2.39. The maximum absolute atomic E-state index is 12.9. The fraction of sp³-hybridized carbons (Fsp3) is 0.474. The Kier molecular flexibility index (Phi) is 4.12. The van der Waals surface area contributed by atoms with E-state index in [0.717, 1.165) is 50.4 Å². The Balaban J connectivity index is 1.22. The normalized spacial score (nSPS) is 18.7. The van der Waals surface area contributed by atoms with Crippen molar-refractivity contribution in [3.63, 3.8) is 0 Å². The van der Waals surface area contributed by atoms with Gasteiger partial charge in [-0.1, -0.05) is 6.07 Å². The molecule has 8 heteroatoms. The van der Waals surface area contributed by atoms with Crippen molar-refractivity contribution in [2.24, 2.45) is 0 Å². The first kappa shape index (κ1) is 16.4. The molecule has 0 atom stereocenters.